The Morgan fingerprint density at radius 2 is 1.43 bits per heavy atom. The van der Waals surface area contributed by atoms with Gasteiger partial charge in [0.25, 0.3) is 10.1 Å². The highest BCUT2D eigenvalue weighted by Crippen LogP contribution is 2.50. The minimum Gasteiger partial charge on any atom is -0.492 e. The number of fused-ring (bicyclic) bond motifs is 1. The van der Waals surface area contributed by atoms with Gasteiger partial charge in [-0.15, -0.1) is 0 Å². The van der Waals surface area contributed by atoms with Gasteiger partial charge in [-0.05, 0) is 75.3 Å². The van der Waals surface area contributed by atoms with Gasteiger partial charge in [0.15, 0.2) is 19.0 Å². The molecule has 0 bridgehead atoms. The molecule has 2 aromatic carbocycles. The lowest BCUT2D eigenvalue weighted by molar-refractivity contribution is -0.173. The maximum Gasteiger partial charge on any atom is 0.323 e. The van der Waals surface area contributed by atoms with Gasteiger partial charge in [-0.3, -0.25) is 13.8 Å². The average molecular weight is 709 g/mol. The first-order valence-corrected chi connectivity index (χ1v) is 18.5. The van der Waals surface area contributed by atoms with Gasteiger partial charge in [0.2, 0.25) is 0 Å². The molecule has 12 nitrogen and oxygen atoms in total. The molecule has 0 saturated heterocycles. The first-order valence-electron chi connectivity index (χ1n) is 16.7. The van der Waals surface area contributed by atoms with E-state index >= 15 is 0 Å². The fraction of sp³-hybridized carbons (Fsp3) is 0.611. The van der Waals surface area contributed by atoms with E-state index in [-0.39, 0.29) is 52.2 Å². The summed E-state index contributed by atoms with van der Waals surface area (Å²) in [4.78, 5) is 26.9. The molecule has 3 rings (SSSR count). The Balaban J connectivity index is 1.87. The molecule has 0 spiro atoms. The summed E-state index contributed by atoms with van der Waals surface area (Å²) in [5.41, 5.74) is 0.183. The topological polar surface area (TPSA) is 142 Å². The Hall–Kier alpha value is -3.39. The van der Waals surface area contributed by atoms with Gasteiger partial charge in [-0.25, -0.2) is 0 Å². The van der Waals surface area contributed by atoms with Crippen molar-refractivity contribution in [2.24, 2.45) is 5.41 Å². The lowest BCUT2D eigenvalue weighted by atomic mass is 9.66. The average Bonchev–Trinajstić information content (AvgIpc) is 3.07. The Morgan fingerprint density at radius 1 is 0.857 bits per heavy atom. The van der Waals surface area contributed by atoms with E-state index in [0.717, 1.165) is 29.6 Å². The second-order valence-electron chi connectivity index (χ2n) is 12.3. The highest BCUT2D eigenvalue weighted by Gasteiger charge is 2.48. The van der Waals surface area contributed by atoms with E-state index in [4.69, 9.17) is 37.3 Å². The fourth-order valence-electron chi connectivity index (χ4n) is 6.30. The van der Waals surface area contributed by atoms with Gasteiger partial charge < -0.3 is 33.2 Å². The quantitative estimate of drug-likeness (QED) is 0.0472. The molecular weight excluding hydrogens is 656 g/mol. The molecule has 0 aliphatic carbocycles. The highest BCUT2D eigenvalue weighted by atomic mass is 32.2. The number of methoxy groups -OCH3 is 2. The maximum absolute atomic E-state index is 13.4. The summed E-state index contributed by atoms with van der Waals surface area (Å²) in [7, 11) is -0.462. The number of carbonyl (C=O) groups excluding carboxylic acids is 2. The zero-order valence-electron chi connectivity index (χ0n) is 29.6. The third kappa shape index (κ3) is 11.1. The number of rotatable bonds is 22. The maximum atomic E-state index is 13.4. The fourth-order valence-corrected chi connectivity index (χ4v) is 6.72. The normalized spacial score (nSPS) is 17.5. The van der Waals surface area contributed by atoms with E-state index in [1.807, 2.05) is 42.5 Å². The molecule has 2 aromatic rings. The number of hydrogen-bond donors (Lipinski definition) is 0. The summed E-state index contributed by atoms with van der Waals surface area (Å²) in [6, 6.07) is 13.7. The van der Waals surface area contributed by atoms with Crippen LogP contribution in [0.15, 0.2) is 42.5 Å². The lowest BCUT2D eigenvalue weighted by Crippen LogP contribution is -2.42. The van der Waals surface area contributed by atoms with Crippen molar-refractivity contribution in [3.8, 4) is 17.2 Å². The van der Waals surface area contributed by atoms with Crippen LogP contribution in [0.2, 0.25) is 0 Å². The minimum atomic E-state index is -3.60. The van der Waals surface area contributed by atoms with E-state index in [2.05, 4.69) is 6.92 Å². The number of ether oxygens (including phenoxy) is 7. The van der Waals surface area contributed by atoms with Crippen molar-refractivity contribution in [1.29, 1.82) is 0 Å². The summed E-state index contributed by atoms with van der Waals surface area (Å²) in [6.07, 6.45) is 4.03. The van der Waals surface area contributed by atoms with Gasteiger partial charge in [0.1, 0.15) is 17.2 Å². The molecule has 2 atom stereocenters. The van der Waals surface area contributed by atoms with Crippen LogP contribution in [0.3, 0.4) is 0 Å². The van der Waals surface area contributed by atoms with Crippen LogP contribution in [0.1, 0.15) is 82.8 Å². The summed E-state index contributed by atoms with van der Waals surface area (Å²) >= 11 is 0. The van der Waals surface area contributed by atoms with Crippen molar-refractivity contribution in [2.45, 2.75) is 77.0 Å². The zero-order chi connectivity index (χ0) is 35.9. The Bertz CT molecular complexity index is 1420. The van der Waals surface area contributed by atoms with Crippen LogP contribution >= 0.6 is 0 Å². The first-order chi connectivity index (χ1) is 23.4. The molecule has 0 aromatic heterocycles. The Labute approximate surface area is 290 Å². The number of esters is 2. The molecule has 1 aliphatic rings. The van der Waals surface area contributed by atoms with Crippen molar-refractivity contribution < 1.29 is 55.3 Å². The number of benzene rings is 2. The smallest absolute Gasteiger partial charge is 0.323 e. The van der Waals surface area contributed by atoms with E-state index in [1.54, 1.807) is 28.1 Å². The molecule has 274 valence electrons. The van der Waals surface area contributed by atoms with E-state index in [1.165, 1.54) is 0 Å². The van der Waals surface area contributed by atoms with Crippen LogP contribution in [0.4, 0.5) is 0 Å². The summed E-state index contributed by atoms with van der Waals surface area (Å²) in [5, 5.41) is 0. The first kappa shape index (κ1) is 40.0. The lowest BCUT2D eigenvalue weighted by Gasteiger charge is -2.43. The van der Waals surface area contributed by atoms with Gasteiger partial charge in [0.05, 0.1) is 32.7 Å². The molecule has 0 amide bonds. The van der Waals surface area contributed by atoms with E-state index in [0.29, 0.717) is 43.8 Å². The Morgan fingerprint density at radius 3 is 2.00 bits per heavy atom. The minimum absolute atomic E-state index is 0.0196. The standard InChI is InChI=1S/C36H52O12S/c1-7-43-33(37)36(34(38)44-8-2,21-11-12-22-48-49(6,39)40)20-10-9-13-31-30-19-18-29(47-26-42-5)23-32(30)45-24-35(31,3)27-14-16-28(17-15-27)46-25-41-4/h14-19,23,31H,7-13,20-22,24-26H2,1-6H3/t31-,35-/m1/s1. The van der Waals surface area contributed by atoms with Crippen LogP contribution in [-0.2, 0) is 48.3 Å². The predicted octanol–water partition coefficient (Wildman–Crippen LogP) is 5.91. The van der Waals surface area contributed by atoms with Crippen molar-refractivity contribution in [3.05, 3.63) is 53.6 Å². The largest absolute Gasteiger partial charge is 0.492 e. The number of unbranched alkanes of at least 4 members (excludes halogenated alkanes) is 2. The highest BCUT2D eigenvalue weighted by molar-refractivity contribution is 7.85. The number of hydrogen-bond acceptors (Lipinski definition) is 12. The molecule has 49 heavy (non-hydrogen) atoms. The molecule has 0 unspecified atom stereocenters. The van der Waals surface area contributed by atoms with Gasteiger partial charge in [0, 0.05) is 31.6 Å². The molecule has 0 saturated carbocycles. The van der Waals surface area contributed by atoms with Gasteiger partial charge in [-0.2, -0.15) is 8.42 Å². The summed E-state index contributed by atoms with van der Waals surface area (Å²) in [6.45, 7) is 6.43. The van der Waals surface area contributed by atoms with Crippen LogP contribution < -0.4 is 14.2 Å². The molecule has 0 N–H and O–H groups in total. The van der Waals surface area contributed by atoms with Crippen LogP contribution in [0, 0.1) is 5.41 Å². The molecule has 13 heteroatoms. The molecular formula is C36H52O12S. The molecule has 0 fully saturated rings. The van der Waals surface area contributed by atoms with Crippen molar-refractivity contribution >= 4 is 22.1 Å². The van der Waals surface area contributed by atoms with E-state index in [9.17, 15) is 18.0 Å². The van der Waals surface area contributed by atoms with Gasteiger partial charge >= 0.3 is 11.9 Å². The van der Waals surface area contributed by atoms with Crippen LogP contribution in [0.25, 0.3) is 0 Å². The molecule has 0 radical (unpaired) electrons. The second-order valence-corrected chi connectivity index (χ2v) is 14.0. The Kier molecular flexibility index (Phi) is 15.6. The van der Waals surface area contributed by atoms with Crippen molar-refractivity contribution in [1.82, 2.24) is 0 Å². The zero-order valence-corrected chi connectivity index (χ0v) is 30.4. The summed E-state index contributed by atoms with van der Waals surface area (Å²) in [5.74, 6) is 0.834. The second kappa shape index (κ2) is 19.1. The third-order valence-electron chi connectivity index (χ3n) is 8.83. The van der Waals surface area contributed by atoms with Crippen LogP contribution in [-0.4, -0.2) is 80.8 Å². The summed E-state index contributed by atoms with van der Waals surface area (Å²) < 4.78 is 66.3. The predicted molar refractivity (Wildman–Crippen MR) is 182 cm³/mol. The molecule has 1 heterocycles. The van der Waals surface area contributed by atoms with Crippen LogP contribution in [0.5, 0.6) is 17.2 Å². The SMILES string of the molecule is CCOC(=O)C(CCCCOS(C)(=O)=O)(CCCC[C@@H]1c2ccc(OCOC)cc2OC[C@]1(C)c1ccc(OCOC)cc1)C(=O)OCC. The van der Waals surface area contributed by atoms with E-state index < -0.39 is 32.9 Å². The van der Waals surface area contributed by atoms with Crippen molar-refractivity contribution in [2.75, 3.05) is 60.5 Å². The number of carbonyl (C=O) groups is 2. The monoisotopic (exact) mass is 708 g/mol. The molecule has 1 aliphatic heterocycles. The van der Waals surface area contributed by atoms with Crippen molar-refractivity contribution in [3.63, 3.8) is 0 Å². The third-order valence-corrected chi connectivity index (χ3v) is 9.43. The van der Waals surface area contributed by atoms with Gasteiger partial charge in [-0.1, -0.05) is 38.0 Å².